The number of rotatable bonds is 5. The predicted molar refractivity (Wildman–Crippen MR) is 143 cm³/mol. The number of aromatic nitrogens is 2. The number of aliphatic hydroxyl groups is 1. The summed E-state index contributed by atoms with van der Waals surface area (Å²) in [5, 5.41) is 16.3. The van der Waals surface area contributed by atoms with Crippen LogP contribution in [0.3, 0.4) is 0 Å². The van der Waals surface area contributed by atoms with E-state index in [1.165, 1.54) is 17.2 Å². The first-order valence-electron chi connectivity index (χ1n) is 12.9. The summed E-state index contributed by atoms with van der Waals surface area (Å²) in [6.45, 7) is 14.1. The Balaban J connectivity index is 1.41. The number of hydrogen-bond donors (Lipinski definition) is 2. The van der Waals surface area contributed by atoms with Crippen LogP contribution in [-0.4, -0.2) is 44.7 Å². The number of amides is 2. The number of piperidine rings is 1. The first-order chi connectivity index (χ1) is 17.3. The third-order valence-corrected chi connectivity index (χ3v) is 6.94. The molecule has 8 heteroatoms. The summed E-state index contributed by atoms with van der Waals surface area (Å²) in [5.74, 6) is 0.145. The van der Waals surface area contributed by atoms with Crippen LogP contribution in [0, 0.1) is 0 Å². The zero-order valence-electron chi connectivity index (χ0n) is 22.7. The standard InChI is InChI=1S/C29H38N4O4/c1-28(2,3)20-13-19(14-21(15-20)29(4,5)6)27(36)32-11-9-23(10-12-32)33-17-22(16-30-33)31-26(35)25-8-7-24(18-34)37-25/h7-8,13-17,23,34H,9-12,18H2,1-6H3,(H,31,35). The monoisotopic (exact) mass is 506 g/mol. The van der Waals surface area contributed by atoms with Crippen LogP contribution in [0.2, 0.25) is 0 Å². The summed E-state index contributed by atoms with van der Waals surface area (Å²) < 4.78 is 7.14. The SMILES string of the molecule is CC(C)(C)c1cc(C(=O)N2CCC(n3cc(NC(=O)c4ccc(CO)o4)cn3)CC2)cc(C(C)(C)C)c1. The van der Waals surface area contributed by atoms with Gasteiger partial charge in [-0.15, -0.1) is 0 Å². The molecular weight excluding hydrogens is 468 g/mol. The maximum absolute atomic E-state index is 13.5. The van der Waals surface area contributed by atoms with E-state index in [4.69, 9.17) is 9.52 Å². The molecular formula is C29H38N4O4. The Bertz CT molecular complexity index is 1240. The van der Waals surface area contributed by atoms with Crippen LogP contribution in [0.25, 0.3) is 0 Å². The fourth-order valence-corrected chi connectivity index (χ4v) is 4.51. The smallest absolute Gasteiger partial charge is 0.291 e. The van der Waals surface area contributed by atoms with E-state index in [9.17, 15) is 9.59 Å². The second kappa shape index (κ2) is 10.2. The second-order valence-corrected chi connectivity index (χ2v) is 11.9. The predicted octanol–water partition coefficient (Wildman–Crippen LogP) is 5.29. The first kappa shape index (κ1) is 26.7. The molecule has 1 aromatic carbocycles. The molecule has 2 amide bonds. The van der Waals surface area contributed by atoms with Crippen molar-refractivity contribution in [1.29, 1.82) is 0 Å². The minimum Gasteiger partial charge on any atom is -0.453 e. The van der Waals surface area contributed by atoms with Gasteiger partial charge in [0.05, 0.1) is 17.9 Å². The summed E-state index contributed by atoms with van der Waals surface area (Å²) in [6, 6.07) is 9.57. The molecule has 2 N–H and O–H groups in total. The van der Waals surface area contributed by atoms with E-state index in [0.29, 0.717) is 24.5 Å². The molecule has 0 radical (unpaired) electrons. The molecule has 0 unspecified atom stereocenters. The molecule has 198 valence electrons. The third-order valence-electron chi connectivity index (χ3n) is 6.94. The van der Waals surface area contributed by atoms with Crippen LogP contribution in [-0.2, 0) is 17.4 Å². The molecule has 8 nitrogen and oxygen atoms in total. The van der Waals surface area contributed by atoms with Crippen molar-refractivity contribution in [3.63, 3.8) is 0 Å². The number of nitrogens with zero attached hydrogens (tertiary/aromatic N) is 3. The van der Waals surface area contributed by atoms with E-state index in [-0.39, 0.29) is 35.1 Å². The average Bonchev–Trinajstić information content (AvgIpc) is 3.52. The van der Waals surface area contributed by atoms with Gasteiger partial charge in [0.25, 0.3) is 11.8 Å². The highest BCUT2D eigenvalue weighted by atomic mass is 16.4. The average molecular weight is 507 g/mol. The van der Waals surface area contributed by atoms with Gasteiger partial charge in [-0.05, 0) is 59.1 Å². The number of benzene rings is 1. The quantitative estimate of drug-likeness (QED) is 0.490. The molecule has 0 bridgehead atoms. The minimum absolute atomic E-state index is 0.0471. The van der Waals surface area contributed by atoms with Crippen LogP contribution in [0.15, 0.2) is 47.1 Å². The summed E-state index contributed by atoms with van der Waals surface area (Å²) >= 11 is 0. The molecule has 0 aliphatic carbocycles. The molecule has 1 fully saturated rings. The van der Waals surface area contributed by atoms with Gasteiger partial charge in [0, 0.05) is 24.8 Å². The summed E-state index contributed by atoms with van der Waals surface area (Å²) in [7, 11) is 0. The highest BCUT2D eigenvalue weighted by Gasteiger charge is 2.28. The van der Waals surface area contributed by atoms with E-state index in [1.54, 1.807) is 18.5 Å². The van der Waals surface area contributed by atoms with Gasteiger partial charge in [-0.25, -0.2) is 0 Å². The Hall–Kier alpha value is -3.39. The molecule has 3 heterocycles. The fraction of sp³-hybridized carbons (Fsp3) is 0.483. The second-order valence-electron chi connectivity index (χ2n) is 11.9. The number of furan rings is 1. The Morgan fingerprint density at radius 3 is 2.19 bits per heavy atom. The molecule has 0 spiro atoms. The molecule has 2 aromatic heterocycles. The first-order valence-corrected chi connectivity index (χ1v) is 12.9. The van der Waals surface area contributed by atoms with Crippen LogP contribution in [0.5, 0.6) is 0 Å². The zero-order valence-corrected chi connectivity index (χ0v) is 22.7. The van der Waals surface area contributed by atoms with E-state index in [1.807, 2.05) is 9.58 Å². The summed E-state index contributed by atoms with van der Waals surface area (Å²) in [4.78, 5) is 27.8. The highest BCUT2D eigenvalue weighted by molar-refractivity contribution is 6.02. The van der Waals surface area contributed by atoms with Crippen LogP contribution in [0.1, 0.15) is 98.2 Å². The van der Waals surface area contributed by atoms with Gasteiger partial charge >= 0.3 is 0 Å². The lowest BCUT2D eigenvalue weighted by molar-refractivity contribution is 0.0689. The van der Waals surface area contributed by atoms with Crippen molar-refractivity contribution in [2.24, 2.45) is 0 Å². The lowest BCUT2D eigenvalue weighted by atomic mass is 9.79. The lowest BCUT2D eigenvalue weighted by Crippen LogP contribution is -2.39. The fourth-order valence-electron chi connectivity index (χ4n) is 4.51. The molecule has 3 aromatic rings. The normalized spacial score (nSPS) is 15.2. The molecule has 4 rings (SSSR count). The van der Waals surface area contributed by atoms with Gasteiger partial charge in [0.1, 0.15) is 12.4 Å². The number of hydrogen-bond acceptors (Lipinski definition) is 5. The van der Waals surface area contributed by atoms with E-state index in [2.05, 4.69) is 70.2 Å². The van der Waals surface area contributed by atoms with Gasteiger partial charge in [-0.3, -0.25) is 14.3 Å². The van der Waals surface area contributed by atoms with Crippen molar-refractivity contribution in [3.8, 4) is 0 Å². The summed E-state index contributed by atoms with van der Waals surface area (Å²) in [5.41, 5.74) is 3.57. The Labute approximate surface area is 218 Å². The molecule has 1 aliphatic heterocycles. The van der Waals surface area contributed by atoms with Gasteiger partial charge in [-0.2, -0.15) is 5.10 Å². The Kier molecular flexibility index (Phi) is 7.33. The molecule has 37 heavy (non-hydrogen) atoms. The van der Waals surface area contributed by atoms with E-state index < -0.39 is 5.91 Å². The lowest BCUT2D eigenvalue weighted by Gasteiger charge is -2.33. The number of carbonyl (C=O) groups excluding carboxylic acids is 2. The number of likely N-dealkylation sites (tertiary alicyclic amines) is 1. The van der Waals surface area contributed by atoms with Crippen LogP contribution >= 0.6 is 0 Å². The van der Waals surface area contributed by atoms with Gasteiger partial charge < -0.3 is 19.7 Å². The minimum atomic E-state index is -0.397. The molecule has 0 saturated carbocycles. The van der Waals surface area contributed by atoms with E-state index >= 15 is 0 Å². The third kappa shape index (κ3) is 6.13. The highest BCUT2D eigenvalue weighted by Crippen LogP contribution is 2.32. The van der Waals surface area contributed by atoms with Crippen molar-refractivity contribution in [1.82, 2.24) is 14.7 Å². The van der Waals surface area contributed by atoms with Crippen molar-refractivity contribution >= 4 is 17.5 Å². The summed E-state index contributed by atoms with van der Waals surface area (Å²) in [6.07, 6.45) is 4.98. The largest absolute Gasteiger partial charge is 0.453 e. The maximum atomic E-state index is 13.5. The molecule has 1 saturated heterocycles. The van der Waals surface area contributed by atoms with Crippen molar-refractivity contribution in [3.05, 3.63) is 70.9 Å². The Morgan fingerprint density at radius 1 is 1.03 bits per heavy atom. The van der Waals surface area contributed by atoms with Crippen molar-refractivity contribution in [2.75, 3.05) is 18.4 Å². The number of aliphatic hydroxyl groups excluding tert-OH is 1. The van der Waals surface area contributed by atoms with Crippen LogP contribution < -0.4 is 5.32 Å². The molecule has 0 atom stereocenters. The number of carbonyl (C=O) groups is 2. The van der Waals surface area contributed by atoms with Crippen molar-refractivity contribution in [2.45, 2.75) is 77.9 Å². The van der Waals surface area contributed by atoms with E-state index in [0.717, 1.165) is 18.4 Å². The Morgan fingerprint density at radius 2 is 1.65 bits per heavy atom. The van der Waals surface area contributed by atoms with Gasteiger partial charge in [0.15, 0.2) is 5.76 Å². The van der Waals surface area contributed by atoms with Gasteiger partial charge in [-0.1, -0.05) is 47.6 Å². The maximum Gasteiger partial charge on any atom is 0.291 e. The number of nitrogens with one attached hydrogen (secondary N) is 1. The van der Waals surface area contributed by atoms with Gasteiger partial charge in [0.2, 0.25) is 0 Å². The molecule has 1 aliphatic rings. The number of anilines is 1. The van der Waals surface area contributed by atoms with Crippen molar-refractivity contribution < 1.29 is 19.1 Å². The zero-order chi connectivity index (χ0) is 27.0. The van der Waals surface area contributed by atoms with Crippen LogP contribution in [0.4, 0.5) is 5.69 Å². The topological polar surface area (TPSA) is 101 Å².